The summed E-state index contributed by atoms with van der Waals surface area (Å²) in [4.78, 5) is 2.08. The lowest BCUT2D eigenvalue weighted by Gasteiger charge is -2.20. The Morgan fingerprint density at radius 2 is 2.06 bits per heavy atom. The second-order valence-corrected chi connectivity index (χ2v) is 4.03. The van der Waals surface area contributed by atoms with Crippen molar-refractivity contribution < 1.29 is 8.78 Å². The van der Waals surface area contributed by atoms with Crippen LogP contribution in [0.2, 0.25) is 0 Å². The summed E-state index contributed by atoms with van der Waals surface area (Å²) in [5.74, 6) is -0.419. The average Bonchev–Trinajstić information content (AvgIpc) is 2.27. The fourth-order valence-corrected chi connectivity index (χ4v) is 1.64. The van der Waals surface area contributed by atoms with E-state index in [2.05, 4.69) is 4.90 Å². The Kier molecular flexibility index (Phi) is 5.71. The molecule has 1 nitrogen and oxygen atoms in total. The van der Waals surface area contributed by atoms with E-state index in [1.807, 2.05) is 6.92 Å². The Bertz CT molecular complexity index is 331. The van der Waals surface area contributed by atoms with Crippen molar-refractivity contribution in [2.75, 3.05) is 19.0 Å². The molecular formula is C12H16ClF2N. The molecule has 16 heavy (non-hydrogen) atoms. The number of alkyl halides is 1. The third kappa shape index (κ3) is 4.06. The molecule has 0 heterocycles. The van der Waals surface area contributed by atoms with Crippen molar-refractivity contribution in [1.82, 2.24) is 4.90 Å². The van der Waals surface area contributed by atoms with Gasteiger partial charge in [-0.15, -0.1) is 11.6 Å². The zero-order chi connectivity index (χ0) is 12.0. The van der Waals surface area contributed by atoms with E-state index in [0.717, 1.165) is 25.6 Å². The monoisotopic (exact) mass is 247 g/mol. The quantitative estimate of drug-likeness (QED) is 0.697. The van der Waals surface area contributed by atoms with Crippen LogP contribution in [0.5, 0.6) is 0 Å². The molecule has 0 radical (unpaired) electrons. The molecule has 0 N–H and O–H groups in total. The number of benzene rings is 1. The molecule has 1 aromatic rings. The number of hydrogen-bond acceptors (Lipinski definition) is 1. The van der Waals surface area contributed by atoms with E-state index < -0.39 is 11.6 Å². The minimum atomic E-state index is -0.537. The van der Waals surface area contributed by atoms with E-state index in [1.165, 1.54) is 12.1 Å². The lowest BCUT2D eigenvalue weighted by atomic mass is 10.2. The summed E-state index contributed by atoms with van der Waals surface area (Å²) >= 11 is 5.61. The first kappa shape index (κ1) is 13.4. The van der Waals surface area contributed by atoms with E-state index in [1.54, 1.807) is 0 Å². The third-order valence-electron chi connectivity index (χ3n) is 2.46. The van der Waals surface area contributed by atoms with E-state index in [9.17, 15) is 8.78 Å². The molecule has 0 saturated carbocycles. The van der Waals surface area contributed by atoms with Gasteiger partial charge in [-0.2, -0.15) is 0 Å². The average molecular weight is 248 g/mol. The fraction of sp³-hybridized carbons (Fsp3) is 0.500. The zero-order valence-corrected chi connectivity index (χ0v) is 10.1. The molecule has 1 rings (SSSR count). The highest BCUT2D eigenvalue weighted by Crippen LogP contribution is 2.12. The van der Waals surface area contributed by atoms with Gasteiger partial charge in [0.1, 0.15) is 11.6 Å². The first-order valence-corrected chi connectivity index (χ1v) is 5.93. The van der Waals surface area contributed by atoms with E-state index in [4.69, 9.17) is 11.6 Å². The van der Waals surface area contributed by atoms with Crippen LogP contribution in [0, 0.1) is 11.6 Å². The zero-order valence-electron chi connectivity index (χ0n) is 9.35. The van der Waals surface area contributed by atoms with Crippen LogP contribution in [-0.2, 0) is 6.54 Å². The molecule has 0 amide bonds. The van der Waals surface area contributed by atoms with Crippen molar-refractivity contribution in [2.24, 2.45) is 0 Å². The molecule has 0 aliphatic heterocycles. The fourth-order valence-electron chi connectivity index (χ4n) is 1.52. The lowest BCUT2D eigenvalue weighted by Crippen LogP contribution is -2.24. The van der Waals surface area contributed by atoms with Crippen molar-refractivity contribution in [1.29, 1.82) is 0 Å². The van der Waals surface area contributed by atoms with Crippen LogP contribution < -0.4 is 0 Å². The van der Waals surface area contributed by atoms with Crippen LogP contribution in [-0.4, -0.2) is 23.9 Å². The summed E-state index contributed by atoms with van der Waals surface area (Å²) in [6.45, 7) is 4.17. The first-order valence-electron chi connectivity index (χ1n) is 5.39. The molecule has 1 aromatic carbocycles. The van der Waals surface area contributed by atoms with Gasteiger partial charge in [0.25, 0.3) is 0 Å². The Balaban J connectivity index is 2.62. The molecule has 0 fully saturated rings. The molecule has 0 aromatic heterocycles. The topological polar surface area (TPSA) is 3.24 Å². The van der Waals surface area contributed by atoms with Crippen LogP contribution in [0.1, 0.15) is 18.9 Å². The SMILES string of the molecule is CCN(CCCCl)Cc1ccc(F)cc1F. The van der Waals surface area contributed by atoms with Gasteiger partial charge in [0.2, 0.25) is 0 Å². The van der Waals surface area contributed by atoms with Crippen molar-refractivity contribution >= 4 is 11.6 Å². The van der Waals surface area contributed by atoms with Crippen molar-refractivity contribution in [3.63, 3.8) is 0 Å². The standard InChI is InChI=1S/C12H16ClF2N/c1-2-16(7-3-6-13)9-10-4-5-11(14)8-12(10)15/h4-5,8H,2-3,6-7,9H2,1H3. The van der Waals surface area contributed by atoms with E-state index in [0.29, 0.717) is 18.0 Å². The highest BCUT2D eigenvalue weighted by atomic mass is 35.5. The molecule has 0 atom stereocenters. The molecule has 0 saturated heterocycles. The minimum Gasteiger partial charge on any atom is -0.299 e. The minimum absolute atomic E-state index is 0.482. The third-order valence-corrected chi connectivity index (χ3v) is 2.73. The molecule has 0 aliphatic carbocycles. The lowest BCUT2D eigenvalue weighted by molar-refractivity contribution is 0.277. The maximum absolute atomic E-state index is 13.4. The molecule has 0 bridgehead atoms. The summed E-state index contributed by atoms with van der Waals surface area (Å²) < 4.78 is 26.1. The van der Waals surface area contributed by atoms with E-state index in [-0.39, 0.29) is 0 Å². The highest BCUT2D eigenvalue weighted by Gasteiger charge is 2.08. The van der Waals surface area contributed by atoms with Crippen molar-refractivity contribution in [2.45, 2.75) is 19.9 Å². The summed E-state index contributed by atoms with van der Waals surface area (Å²) in [6.07, 6.45) is 0.873. The number of halogens is 3. The molecule has 90 valence electrons. The van der Waals surface area contributed by atoms with Gasteiger partial charge in [-0.1, -0.05) is 13.0 Å². The van der Waals surface area contributed by atoms with Gasteiger partial charge in [0.15, 0.2) is 0 Å². The van der Waals surface area contributed by atoms with Crippen LogP contribution in [0.4, 0.5) is 8.78 Å². The van der Waals surface area contributed by atoms with Crippen molar-refractivity contribution in [3.05, 3.63) is 35.4 Å². The Morgan fingerprint density at radius 3 is 2.62 bits per heavy atom. The van der Waals surface area contributed by atoms with Crippen LogP contribution in [0.15, 0.2) is 18.2 Å². The van der Waals surface area contributed by atoms with Crippen LogP contribution in [0.3, 0.4) is 0 Å². The van der Waals surface area contributed by atoms with E-state index >= 15 is 0 Å². The smallest absolute Gasteiger partial charge is 0.130 e. The van der Waals surface area contributed by atoms with Gasteiger partial charge in [-0.05, 0) is 25.6 Å². The van der Waals surface area contributed by atoms with Gasteiger partial charge in [-0.3, -0.25) is 4.90 Å². The summed E-state index contributed by atoms with van der Waals surface area (Å²) in [7, 11) is 0. The summed E-state index contributed by atoms with van der Waals surface area (Å²) in [6, 6.07) is 3.70. The second kappa shape index (κ2) is 6.81. The Labute approximate surface area is 100 Å². The molecule has 0 aliphatic rings. The largest absolute Gasteiger partial charge is 0.299 e. The first-order chi connectivity index (χ1) is 7.67. The number of nitrogens with zero attached hydrogens (tertiary/aromatic N) is 1. The predicted octanol–water partition coefficient (Wildman–Crippen LogP) is 3.42. The number of hydrogen-bond donors (Lipinski definition) is 0. The van der Waals surface area contributed by atoms with Gasteiger partial charge >= 0.3 is 0 Å². The molecular weight excluding hydrogens is 232 g/mol. The number of rotatable bonds is 6. The molecule has 4 heteroatoms. The molecule has 0 spiro atoms. The predicted molar refractivity (Wildman–Crippen MR) is 62.6 cm³/mol. The summed E-state index contributed by atoms with van der Waals surface area (Å²) in [5, 5.41) is 0. The second-order valence-electron chi connectivity index (χ2n) is 3.65. The van der Waals surface area contributed by atoms with Crippen molar-refractivity contribution in [3.8, 4) is 0 Å². The van der Waals surface area contributed by atoms with Gasteiger partial charge in [-0.25, -0.2) is 8.78 Å². The highest BCUT2D eigenvalue weighted by molar-refractivity contribution is 6.17. The van der Waals surface area contributed by atoms with Gasteiger partial charge < -0.3 is 0 Å². The summed E-state index contributed by atoms with van der Waals surface area (Å²) in [5.41, 5.74) is 0.526. The normalized spacial score (nSPS) is 11.1. The maximum atomic E-state index is 13.4. The van der Waals surface area contributed by atoms with Gasteiger partial charge in [0, 0.05) is 24.1 Å². The Morgan fingerprint density at radius 1 is 1.31 bits per heavy atom. The van der Waals surface area contributed by atoms with Crippen LogP contribution in [0.25, 0.3) is 0 Å². The molecule has 0 unspecified atom stereocenters. The maximum Gasteiger partial charge on any atom is 0.130 e. The van der Waals surface area contributed by atoms with Crippen LogP contribution >= 0.6 is 11.6 Å². The Hall–Kier alpha value is -0.670. The van der Waals surface area contributed by atoms with Gasteiger partial charge in [0.05, 0.1) is 0 Å².